The van der Waals surface area contributed by atoms with Crippen molar-refractivity contribution in [1.82, 2.24) is 0 Å². The van der Waals surface area contributed by atoms with E-state index in [1.807, 2.05) is 25.1 Å². The highest BCUT2D eigenvalue weighted by Crippen LogP contribution is 2.33. The van der Waals surface area contributed by atoms with E-state index in [2.05, 4.69) is 0 Å². The van der Waals surface area contributed by atoms with Gasteiger partial charge in [0.25, 0.3) is 0 Å². The molecule has 1 aromatic carbocycles. The maximum absolute atomic E-state index is 9.67. The van der Waals surface area contributed by atoms with Crippen molar-refractivity contribution in [3.05, 3.63) is 29.3 Å². The summed E-state index contributed by atoms with van der Waals surface area (Å²) in [6, 6.07) is 5.89. The van der Waals surface area contributed by atoms with Crippen molar-refractivity contribution in [1.29, 1.82) is 0 Å². The Morgan fingerprint density at radius 3 is 3.06 bits per heavy atom. The fraction of sp³-hybridized carbons (Fsp3) is 0.538. The molecule has 1 aliphatic rings. The van der Waals surface area contributed by atoms with Crippen molar-refractivity contribution in [2.45, 2.75) is 32.0 Å². The fourth-order valence-corrected chi connectivity index (χ4v) is 1.94. The topological polar surface area (TPSA) is 38.7 Å². The number of benzene rings is 1. The lowest BCUT2D eigenvalue weighted by atomic mass is 10.1. The maximum Gasteiger partial charge on any atom is 0.119 e. The predicted octanol–water partition coefficient (Wildman–Crippen LogP) is 2.08. The minimum Gasteiger partial charge on any atom is -0.491 e. The lowest BCUT2D eigenvalue weighted by Gasteiger charge is -2.12. The molecule has 0 spiro atoms. The molecule has 88 valence electrons. The van der Waals surface area contributed by atoms with Crippen LogP contribution in [0.2, 0.25) is 0 Å². The summed E-state index contributed by atoms with van der Waals surface area (Å²) in [7, 11) is 1.67. The Hall–Kier alpha value is -1.06. The molecule has 0 aromatic heterocycles. The molecule has 0 amide bonds. The number of hydrogen-bond donors (Lipinski definition) is 1. The van der Waals surface area contributed by atoms with Crippen LogP contribution < -0.4 is 4.74 Å². The van der Waals surface area contributed by atoms with Crippen LogP contribution in [0, 0.1) is 0 Å². The first-order valence-electron chi connectivity index (χ1n) is 5.67. The third-order valence-electron chi connectivity index (χ3n) is 3.05. The van der Waals surface area contributed by atoms with Crippen LogP contribution in [-0.2, 0) is 11.2 Å². The van der Waals surface area contributed by atoms with Crippen LogP contribution in [0.3, 0.4) is 0 Å². The van der Waals surface area contributed by atoms with Crippen LogP contribution in [0.5, 0.6) is 5.75 Å². The van der Waals surface area contributed by atoms with E-state index >= 15 is 0 Å². The van der Waals surface area contributed by atoms with Gasteiger partial charge in [-0.1, -0.05) is 6.07 Å². The molecule has 3 heteroatoms. The van der Waals surface area contributed by atoms with Crippen LogP contribution in [0.1, 0.15) is 30.6 Å². The van der Waals surface area contributed by atoms with Crippen molar-refractivity contribution < 1.29 is 14.6 Å². The first-order chi connectivity index (χ1) is 7.70. The maximum atomic E-state index is 9.67. The molecule has 0 bridgehead atoms. The summed E-state index contributed by atoms with van der Waals surface area (Å²) in [5.41, 5.74) is 2.25. The van der Waals surface area contributed by atoms with Gasteiger partial charge in [-0.25, -0.2) is 0 Å². The molecule has 0 heterocycles. The molecular formula is C13H18O3. The van der Waals surface area contributed by atoms with E-state index in [1.165, 1.54) is 5.56 Å². The van der Waals surface area contributed by atoms with Gasteiger partial charge in [0.1, 0.15) is 12.4 Å². The third-order valence-corrected chi connectivity index (χ3v) is 3.05. The van der Waals surface area contributed by atoms with E-state index in [-0.39, 0.29) is 12.2 Å². The van der Waals surface area contributed by atoms with Crippen molar-refractivity contribution in [2.75, 3.05) is 13.7 Å². The number of aliphatic hydroxyl groups excluding tert-OH is 1. The molecule has 1 N–H and O–H groups in total. The Kier molecular flexibility index (Phi) is 3.46. The number of aliphatic hydroxyl groups is 1. The van der Waals surface area contributed by atoms with Crippen LogP contribution in [0.25, 0.3) is 0 Å². The average Bonchev–Trinajstić information content (AvgIpc) is 2.67. The molecule has 2 rings (SSSR count). The average molecular weight is 222 g/mol. The minimum absolute atomic E-state index is 0.0962. The smallest absolute Gasteiger partial charge is 0.119 e. The van der Waals surface area contributed by atoms with Crippen LogP contribution in [0.15, 0.2) is 18.2 Å². The monoisotopic (exact) mass is 222 g/mol. The summed E-state index contributed by atoms with van der Waals surface area (Å²) < 4.78 is 10.7. The standard InChI is InChI=1S/C13H18O3/c1-9(15-2)8-16-11-4-5-12-10(7-11)3-6-13(12)14/h4-5,7,9,13-14H,3,6,8H2,1-2H3/t9?,13-/m1/s1. The quantitative estimate of drug-likeness (QED) is 0.847. The van der Waals surface area contributed by atoms with Gasteiger partial charge in [-0.15, -0.1) is 0 Å². The van der Waals surface area contributed by atoms with Crippen molar-refractivity contribution >= 4 is 0 Å². The molecule has 0 saturated heterocycles. The number of rotatable bonds is 4. The van der Waals surface area contributed by atoms with Gasteiger partial charge in [-0.3, -0.25) is 0 Å². The molecular weight excluding hydrogens is 204 g/mol. The summed E-state index contributed by atoms with van der Waals surface area (Å²) >= 11 is 0. The van der Waals surface area contributed by atoms with Gasteiger partial charge in [-0.05, 0) is 43.0 Å². The molecule has 0 fully saturated rings. The van der Waals surface area contributed by atoms with Crippen molar-refractivity contribution in [3.63, 3.8) is 0 Å². The highest BCUT2D eigenvalue weighted by atomic mass is 16.5. The fourth-order valence-electron chi connectivity index (χ4n) is 1.94. The van der Waals surface area contributed by atoms with Gasteiger partial charge in [0, 0.05) is 7.11 Å². The Bertz CT molecular complexity index is 362. The van der Waals surface area contributed by atoms with E-state index in [0.29, 0.717) is 6.61 Å². The summed E-state index contributed by atoms with van der Waals surface area (Å²) in [6.07, 6.45) is 1.57. The number of ether oxygens (including phenoxy) is 2. The van der Waals surface area contributed by atoms with Crippen LogP contribution in [0.4, 0.5) is 0 Å². The van der Waals surface area contributed by atoms with Gasteiger partial charge in [0.2, 0.25) is 0 Å². The molecule has 1 aromatic rings. The molecule has 0 radical (unpaired) electrons. The molecule has 0 aliphatic heterocycles. The second-order valence-corrected chi connectivity index (χ2v) is 4.27. The first-order valence-corrected chi connectivity index (χ1v) is 5.67. The molecule has 3 nitrogen and oxygen atoms in total. The van der Waals surface area contributed by atoms with Gasteiger partial charge >= 0.3 is 0 Å². The van der Waals surface area contributed by atoms with E-state index in [9.17, 15) is 5.11 Å². The van der Waals surface area contributed by atoms with E-state index < -0.39 is 0 Å². The Labute approximate surface area is 96.0 Å². The zero-order valence-electron chi connectivity index (χ0n) is 9.77. The van der Waals surface area contributed by atoms with E-state index in [1.54, 1.807) is 7.11 Å². The van der Waals surface area contributed by atoms with Crippen LogP contribution >= 0.6 is 0 Å². The normalized spacial score (nSPS) is 20.6. The first kappa shape index (κ1) is 11.4. The van der Waals surface area contributed by atoms with Gasteiger partial charge in [-0.2, -0.15) is 0 Å². The summed E-state index contributed by atoms with van der Waals surface area (Å²) in [5, 5.41) is 9.67. The summed E-state index contributed by atoms with van der Waals surface area (Å²) in [5.74, 6) is 0.858. The van der Waals surface area contributed by atoms with Gasteiger partial charge < -0.3 is 14.6 Å². The molecule has 16 heavy (non-hydrogen) atoms. The molecule has 1 aliphatic carbocycles. The molecule has 0 saturated carbocycles. The highest BCUT2D eigenvalue weighted by Gasteiger charge is 2.20. The highest BCUT2D eigenvalue weighted by molar-refractivity contribution is 5.39. The number of fused-ring (bicyclic) bond motifs is 1. The Morgan fingerprint density at radius 1 is 1.50 bits per heavy atom. The number of methoxy groups -OCH3 is 1. The lowest BCUT2D eigenvalue weighted by Crippen LogP contribution is -2.15. The lowest BCUT2D eigenvalue weighted by molar-refractivity contribution is 0.0716. The van der Waals surface area contributed by atoms with E-state index in [0.717, 1.165) is 24.2 Å². The summed E-state index contributed by atoms with van der Waals surface area (Å²) in [4.78, 5) is 0. The van der Waals surface area contributed by atoms with Crippen molar-refractivity contribution in [3.8, 4) is 5.75 Å². The minimum atomic E-state index is -0.290. The second kappa shape index (κ2) is 4.85. The zero-order valence-corrected chi connectivity index (χ0v) is 9.77. The van der Waals surface area contributed by atoms with E-state index in [4.69, 9.17) is 9.47 Å². The SMILES string of the molecule is COC(C)COc1ccc2c(c1)CC[C@H]2O. The number of hydrogen-bond acceptors (Lipinski definition) is 3. The summed E-state index contributed by atoms with van der Waals surface area (Å²) in [6.45, 7) is 2.52. The Morgan fingerprint density at radius 2 is 2.31 bits per heavy atom. The van der Waals surface area contributed by atoms with Gasteiger partial charge in [0.15, 0.2) is 0 Å². The second-order valence-electron chi connectivity index (χ2n) is 4.27. The third kappa shape index (κ3) is 2.36. The largest absolute Gasteiger partial charge is 0.491 e. The zero-order chi connectivity index (χ0) is 11.5. The predicted molar refractivity (Wildman–Crippen MR) is 61.7 cm³/mol. The Balaban J connectivity index is 2.02. The van der Waals surface area contributed by atoms with Gasteiger partial charge in [0.05, 0.1) is 12.2 Å². The molecule has 2 atom stereocenters. The number of aryl methyl sites for hydroxylation is 1. The van der Waals surface area contributed by atoms with Crippen LogP contribution in [-0.4, -0.2) is 24.9 Å². The van der Waals surface area contributed by atoms with Crippen molar-refractivity contribution in [2.24, 2.45) is 0 Å². The molecule has 1 unspecified atom stereocenters.